The predicted molar refractivity (Wildman–Crippen MR) is 80.0 cm³/mol. The molecule has 4 nitrogen and oxygen atoms in total. The normalized spacial score (nSPS) is 14.6. The number of hydrogen-bond acceptors (Lipinski definition) is 2. The first kappa shape index (κ1) is 12.1. The molecular formula is C17H13NO3. The van der Waals surface area contributed by atoms with Crippen LogP contribution in [0.1, 0.15) is 39.1 Å². The Labute approximate surface area is 120 Å². The molecule has 1 heterocycles. The molecule has 2 aromatic carbocycles. The molecule has 0 atom stereocenters. The Hall–Kier alpha value is -2.62. The lowest BCUT2D eigenvalue weighted by molar-refractivity contribution is 0.0698. The van der Waals surface area contributed by atoms with Gasteiger partial charge in [-0.3, -0.25) is 4.79 Å². The summed E-state index contributed by atoms with van der Waals surface area (Å²) in [6.45, 7) is 0. The van der Waals surface area contributed by atoms with Crippen molar-refractivity contribution in [3.63, 3.8) is 0 Å². The Morgan fingerprint density at radius 2 is 2.00 bits per heavy atom. The zero-order valence-corrected chi connectivity index (χ0v) is 11.3. The van der Waals surface area contributed by atoms with Crippen molar-refractivity contribution in [3.8, 4) is 0 Å². The number of carbonyl (C=O) groups excluding carboxylic acids is 1. The number of carboxylic acids is 1. The average Bonchev–Trinajstić information content (AvgIpc) is 2.86. The SMILES string of the molecule is O=C1CCCc2c1ccc1[nH]c3c(C(=O)O)cccc3c21. The van der Waals surface area contributed by atoms with Gasteiger partial charge in [0, 0.05) is 28.3 Å². The highest BCUT2D eigenvalue weighted by atomic mass is 16.4. The summed E-state index contributed by atoms with van der Waals surface area (Å²) < 4.78 is 0. The number of rotatable bonds is 1. The maximum Gasteiger partial charge on any atom is 0.337 e. The molecule has 0 amide bonds. The quantitative estimate of drug-likeness (QED) is 0.715. The molecule has 1 aliphatic rings. The van der Waals surface area contributed by atoms with Crippen LogP contribution in [0, 0.1) is 0 Å². The van der Waals surface area contributed by atoms with Gasteiger partial charge in [0.05, 0.1) is 11.1 Å². The number of hydrogen-bond donors (Lipinski definition) is 2. The Kier molecular flexibility index (Phi) is 2.42. The fourth-order valence-electron chi connectivity index (χ4n) is 3.35. The van der Waals surface area contributed by atoms with Gasteiger partial charge in [0.1, 0.15) is 0 Å². The molecule has 0 aliphatic heterocycles. The van der Waals surface area contributed by atoms with Crippen LogP contribution in [-0.2, 0) is 6.42 Å². The Balaban J connectivity index is 2.17. The predicted octanol–water partition coefficient (Wildman–Crippen LogP) is 3.54. The van der Waals surface area contributed by atoms with E-state index in [0.717, 1.165) is 40.3 Å². The first-order valence-electron chi connectivity index (χ1n) is 6.99. The molecule has 1 aromatic heterocycles. The topological polar surface area (TPSA) is 70.2 Å². The number of aromatic carboxylic acids is 1. The van der Waals surface area contributed by atoms with Crippen molar-refractivity contribution in [2.45, 2.75) is 19.3 Å². The number of aryl methyl sites for hydroxylation is 1. The number of H-pyrrole nitrogens is 1. The maximum atomic E-state index is 12.1. The van der Waals surface area contributed by atoms with Gasteiger partial charge in [-0.25, -0.2) is 4.79 Å². The minimum Gasteiger partial charge on any atom is -0.478 e. The van der Waals surface area contributed by atoms with Crippen LogP contribution < -0.4 is 0 Å². The molecule has 4 rings (SSSR count). The van der Waals surface area contributed by atoms with Crippen molar-refractivity contribution in [3.05, 3.63) is 47.0 Å². The highest BCUT2D eigenvalue weighted by Gasteiger charge is 2.22. The number of fused-ring (bicyclic) bond motifs is 5. The molecule has 0 saturated carbocycles. The highest BCUT2D eigenvalue weighted by molar-refractivity contribution is 6.17. The molecule has 0 unspecified atom stereocenters. The third-order valence-corrected chi connectivity index (χ3v) is 4.27. The molecule has 0 radical (unpaired) electrons. The third kappa shape index (κ3) is 1.62. The third-order valence-electron chi connectivity index (χ3n) is 4.27. The summed E-state index contributed by atoms with van der Waals surface area (Å²) in [4.78, 5) is 26.6. The lowest BCUT2D eigenvalue weighted by Gasteiger charge is -2.15. The minimum atomic E-state index is -0.947. The summed E-state index contributed by atoms with van der Waals surface area (Å²) in [5, 5.41) is 11.2. The Morgan fingerprint density at radius 3 is 2.81 bits per heavy atom. The summed E-state index contributed by atoms with van der Waals surface area (Å²) in [6.07, 6.45) is 2.32. The molecule has 3 aromatic rings. The van der Waals surface area contributed by atoms with Crippen molar-refractivity contribution < 1.29 is 14.7 Å². The van der Waals surface area contributed by atoms with Crippen molar-refractivity contribution in [1.82, 2.24) is 4.98 Å². The van der Waals surface area contributed by atoms with Gasteiger partial charge in [0.2, 0.25) is 0 Å². The maximum absolute atomic E-state index is 12.1. The van der Waals surface area contributed by atoms with Crippen LogP contribution in [0.15, 0.2) is 30.3 Å². The van der Waals surface area contributed by atoms with E-state index in [1.807, 2.05) is 18.2 Å². The van der Waals surface area contributed by atoms with Gasteiger partial charge in [-0.05, 0) is 36.6 Å². The minimum absolute atomic E-state index is 0.182. The number of carbonyl (C=O) groups is 2. The van der Waals surface area contributed by atoms with Gasteiger partial charge in [-0.1, -0.05) is 12.1 Å². The number of nitrogens with one attached hydrogen (secondary N) is 1. The van der Waals surface area contributed by atoms with E-state index in [9.17, 15) is 14.7 Å². The molecule has 0 fully saturated rings. The smallest absolute Gasteiger partial charge is 0.337 e. The molecule has 2 N–H and O–H groups in total. The summed E-state index contributed by atoms with van der Waals surface area (Å²) in [6, 6.07) is 9.00. The monoisotopic (exact) mass is 279 g/mol. The molecule has 104 valence electrons. The van der Waals surface area contributed by atoms with Crippen LogP contribution >= 0.6 is 0 Å². The van der Waals surface area contributed by atoms with E-state index in [2.05, 4.69) is 4.98 Å². The average molecular weight is 279 g/mol. The van der Waals surface area contributed by atoms with Crippen LogP contribution in [0.3, 0.4) is 0 Å². The molecule has 4 heteroatoms. The van der Waals surface area contributed by atoms with Gasteiger partial charge in [-0.2, -0.15) is 0 Å². The second-order valence-corrected chi connectivity index (χ2v) is 5.45. The molecule has 0 spiro atoms. The molecule has 0 bridgehead atoms. The van der Waals surface area contributed by atoms with Crippen molar-refractivity contribution in [2.24, 2.45) is 0 Å². The van der Waals surface area contributed by atoms with Gasteiger partial charge in [0.25, 0.3) is 0 Å². The van der Waals surface area contributed by atoms with Gasteiger partial charge in [0.15, 0.2) is 5.78 Å². The molecular weight excluding hydrogens is 266 g/mol. The van der Waals surface area contributed by atoms with E-state index in [4.69, 9.17) is 0 Å². The highest BCUT2D eigenvalue weighted by Crippen LogP contribution is 2.35. The van der Waals surface area contributed by atoms with Crippen LogP contribution in [0.25, 0.3) is 21.8 Å². The van der Waals surface area contributed by atoms with Crippen LogP contribution in [-0.4, -0.2) is 21.8 Å². The second kappa shape index (κ2) is 4.19. The van der Waals surface area contributed by atoms with E-state index in [-0.39, 0.29) is 11.3 Å². The Morgan fingerprint density at radius 1 is 1.14 bits per heavy atom. The zero-order valence-electron chi connectivity index (χ0n) is 11.3. The van der Waals surface area contributed by atoms with E-state index < -0.39 is 5.97 Å². The number of ketones is 1. The second-order valence-electron chi connectivity index (χ2n) is 5.45. The zero-order chi connectivity index (χ0) is 14.6. The van der Waals surface area contributed by atoms with Crippen molar-refractivity contribution >= 4 is 33.6 Å². The summed E-state index contributed by atoms with van der Waals surface area (Å²) in [7, 11) is 0. The van der Waals surface area contributed by atoms with E-state index in [1.54, 1.807) is 12.1 Å². The first-order valence-corrected chi connectivity index (χ1v) is 6.99. The fraction of sp³-hybridized carbons (Fsp3) is 0.176. The molecule has 21 heavy (non-hydrogen) atoms. The van der Waals surface area contributed by atoms with Crippen LogP contribution in [0.2, 0.25) is 0 Å². The summed E-state index contributed by atoms with van der Waals surface area (Å²) >= 11 is 0. The van der Waals surface area contributed by atoms with Crippen LogP contribution in [0.4, 0.5) is 0 Å². The largest absolute Gasteiger partial charge is 0.478 e. The van der Waals surface area contributed by atoms with Gasteiger partial charge in [-0.15, -0.1) is 0 Å². The van der Waals surface area contributed by atoms with E-state index in [0.29, 0.717) is 11.9 Å². The number of para-hydroxylation sites is 1. The fourth-order valence-corrected chi connectivity index (χ4v) is 3.35. The van der Waals surface area contributed by atoms with E-state index >= 15 is 0 Å². The number of Topliss-reactive ketones (excluding diaryl/α,β-unsaturated/α-hetero) is 1. The van der Waals surface area contributed by atoms with Gasteiger partial charge >= 0.3 is 5.97 Å². The summed E-state index contributed by atoms with van der Waals surface area (Å²) in [5.74, 6) is -0.765. The summed E-state index contributed by atoms with van der Waals surface area (Å²) in [5.41, 5.74) is 3.63. The number of benzene rings is 2. The van der Waals surface area contributed by atoms with Gasteiger partial charge < -0.3 is 10.1 Å². The van der Waals surface area contributed by atoms with Crippen molar-refractivity contribution in [2.75, 3.05) is 0 Å². The number of aromatic nitrogens is 1. The van der Waals surface area contributed by atoms with E-state index in [1.165, 1.54) is 0 Å². The lowest BCUT2D eigenvalue weighted by Crippen LogP contribution is -2.10. The molecule has 1 aliphatic carbocycles. The number of carboxylic acid groups (broad SMARTS) is 1. The standard InChI is InChI=1S/C17H13NO3/c19-14-6-2-3-10-9(14)7-8-13-15(10)11-4-1-5-12(17(20)21)16(11)18-13/h1,4-5,7-8,18H,2-3,6H2,(H,20,21). The lowest BCUT2D eigenvalue weighted by atomic mass is 9.87. The number of aromatic amines is 1. The van der Waals surface area contributed by atoms with Crippen molar-refractivity contribution in [1.29, 1.82) is 0 Å². The Bertz CT molecular complexity index is 921. The first-order chi connectivity index (χ1) is 10.2. The van der Waals surface area contributed by atoms with Crippen LogP contribution in [0.5, 0.6) is 0 Å². The molecule has 0 saturated heterocycles.